The zero-order valence-corrected chi connectivity index (χ0v) is 17.1. The minimum Gasteiger partial charge on any atom is -0.449 e. The lowest BCUT2D eigenvalue weighted by molar-refractivity contribution is -0.129. The molecule has 0 saturated carbocycles. The number of nitrogens with zero attached hydrogens (tertiary/aromatic N) is 1. The molecular formula is C22H24N2O3S. The van der Waals surface area contributed by atoms with Crippen LogP contribution in [0.15, 0.2) is 54.9 Å². The molecule has 1 N–H and O–H groups in total. The molecule has 3 rings (SSSR count). The maximum Gasteiger partial charge on any atom is 0.342 e. The summed E-state index contributed by atoms with van der Waals surface area (Å²) < 4.78 is 7.37. The summed E-state index contributed by atoms with van der Waals surface area (Å²) in [5, 5.41) is 3.64. The molecule has 146 valence electrons. The van der Waals surface area contributed by atoms with E-state index in [2.05, 4.69) is 5.32 Å². The van der Waals surface area contributed by atoms with Crippen molar-refractivity contribution in [1.29, 1.82) is 0 Å². The van der Waals surface area contributed by atoms with E-state index in [9.17, 15) is 9.59 Å². The Balaban J connectivity index is 1.62. The van der Waals surface area contributed by atoms with E-state index in [1.54, 1.807) is 6.92 Å². The van der Waals surface area contributed by atoms with Crippen molar-refractivity contribution >= 4 is 23.2 Å². The third-order valence-electron chi connectivity index (χ3n) is 4.62. The Morgan fingerprint density at radius 1 is 1.11 bits per heavy atom. The summed E-state index contributed by atoms with van der Waals surface area (Å²) in [5.41, 5.74) is 2.55. The van der Waals surface area contributed by atoms with Crippen molar-refractivity contribution < 1.29 is 14.3 Å². The van der Waals surface area contributed by atoms with E-state index < -0.39 is 12.1 Å². The van der Waals surface area contributed by atoms with E-state index in [0.29, 0.717) is 12.1 Å². The van der Waals surface area contributed by atoms with Gasteiger partial charge in [0.1, 0.15) is 5.00 Å². The molecule has 0 aliphatic rings. The number of amides is 1. The smallest absolute Gasteiger partial charge is 0.342 e. The van der Waals surface area contributed by atoms with Gasteiger partial charge in [-0.3, -0.25) is 4.79 Å². The van der Waals surface area contributed by atoms with Crippen LogP contribution in [0.25, 0.3) is 5.00 Å². The van der Waals surface area contributed by atoms with Crippen molar-refractivity contribution in [3.63, 3.8) is 0 Å². The minimum atomic E-state index is -0.861. The molecule has 0 saturated heterocycles. The van der Waals surface area contributed by atoms with Gasteiger partial charge in [0.25, 0.3) is 5.91 Å². The number of carbonyl (C=O) groups is 2. The van der Waals surface area contributed by atoms with E-state index in [0.717, 1.165) is 27.4 Å². The van der Waals surface area contributed by atoms with Crippen LogP contribution in [-0.2, 0) is 16.0 Å². The largest absolute Gasteiger partial charge is 0.449 e. The van der Waals surface area contributed by atoms with E-state index in [-0.39, 0.29) is 5.91 Å². The Labute approximate surface area is 169 Å². The number of nitrogens with one attached hydrogen (secondary N) is 1. The number of aromatic nitrogens is 1. The topological polar surface area (TPSA) is 60.3 Å². The number of hydrogen-bond acceptors (Lipinski definition) is 4. The lowest BCUT2D eigenvalue weighted by Crippen LogP contribution is -2.37. The average molecular weight is 397 g/mol. The molecule has 0 fully saturated rings. The first kappa shape index (κ1) is 19.9. The molecule has 1 atom stereocenters. The summed E-state index contributed by atoms with van der Waals surface area (Å²) in [6.07, 6.45) is 3.65. The molecule has 0 radical (unpaired) electrons. The third-order valence-corrected chi connectivity index (χ3v) is 5.84. The number of esters is 1. The van der Waals surface area contributed by atoms with Gasteiger partial charge in [0.15, 0.2) is 6.10 Å². The second kappa shape index (κ2) is 8.89. The molecule has 5 nitrogen and oxygen atoms in total. The number of ether oxygens (including phenoxy) is 1. The van der Waals surface area contributed by atoms with Crippen LogP contribution in [0, 0.1) is 13.8 Å². The second-order valence-corrected chi connectivity index (χ2v) is 7.83. The number of aryl methyl sites for hydroxylation is 1. The van der Waals surface area contributed by atoms with Crippen molar-refractivity contribution in [2.45, 2.75) is 33.3 Å². The van der Waals surface area contributed by atoms with Gasteiger partial charge in [0, 0.05) is 23.8 Å². The van der Waals surface area contributed by atoms with Crippen LogP contribution in [0.5, 0.6) is 0 Å². The van der Waals surface area contributed by atoms with Gasteiger partial charge in [-0.1, -0.05) is 30.3 Å². The second-order valence-electron chi connectivity index (χ2n) is 6.63. The fourth-order valence-corrected chi connectivity index (χ4v) is 4.00. The fraction of sp³-hybridized carbons (Fsp3) is 0.273. The molecular weight excluding hydrogens is 372 g/mol. The number of thiophene rings is 1. The zero-order chi connectivity index (χ0) is 20.1. The van der Waals surface area contributed by atoms with E-state index in [1.165, 1.54) is 11.3 Å². The molecule has 0 spiro atoms. The van der Waals surface area contributed by atoms with Crippen LogP contribution >= 0.6 is 11.3 Å². The standard InChI is InChI=1S/C22H24N2O3S/c1-15-17(3)28-21(24-13-7-8-14-24)19(15)22(26)27-16(2)20(25)23-12-11-18-9-5-4-6-10-18/h4-10,13-14,16H,11-12H2,1-3H3,(H,23,25). The summed E-state index contributed by atoms with van der Waals surface area (Å²) in [5.74, 6) is -0.771. The Kier molecular flexibility index (Phi) is 6.31. The van der Waals surface area contributed by atoms with Gasteiger partial charge >= 0.3 is 5.97 Å². The van der Waals surface area contributed by atoms with E-state index >= 15 is 0 Å². The highest BCUT2D eigenvalue weighted by molar-refractivity contribution is 7.15. The first-order valence-corrected chi connectivity index (χ1v) is 10.0. The predicted molar refractivity (Wildman–Crippen MR) is 111 cm³/mol. The molecule has 6 heteroatoms. The Morgan fingerprint density at radius 3 is 2.46 bits per heavy atom. The first-order valence-electron chi connectivity index (χ1n) is 9.23. The summed E-state index contributed by atoms with van der Waals surface area (Å²) in [4.78, 5) is 26.2. The molecule has 2 heterocycles. The van der Waals surface area contributed by atoms with Crippen molar-refractivity contribution in [3.05, 3.63) is 76.4 Å². The highest BCUT2D eigenvalue weighted by atomic mass is 32.1. The monoisotopic (exact) mass is 396 g/mol. The molecule has 1 unspecified atom stereocenters. The van der Waals surface area contributed by atoms with Gasteiger partial charge in [0.05, 0.1) is 5.56 Å². The van der Waals surface area contributed by atoms with Gasteiger partial charge in [-0.2, -0.15) is 0 Å². The summed E-state index contributed by atoms with van der Waals surface area (Å²) in [7, 11) is 0. The Morgan fingerprint density at radius 2 is 1.79 bits per heavy atom. The molecule has 2 aromatic heterocycles. The zero-order valence-electron chi connectivity index (χ0n) is 16.3. The fourth-order valence-electron chi connectivity index (χ4n) is 2.89. The van der Waals surface area contributed by atoms with Crippen LogP contribution in [0.1, 0.15) is 33.3 Å². The van der Waals surface area contributed by atoms with Crippen LogP contribution in [0.4, 0.5) is 0 Å². The van der Waals surface area contributed by atoms with Gasteiger partial charge in [-0.25, -0.2) is 4.79 Å². The quantitative estimate of drug-likeness (QED) is 0.613. The molecule has 0 bridgehead atoms. The van der Waals surface area contributed by atoms with Crippen molar-refractivity contribution in [1.82, 2.24) is 9.88 Å². The van der Waals surface area contributed by atoms with Gasteiger partial charge in [0.2, 0.25) is 0 Å². The van der Waals surface area contributed by atoms with Crippen molar-refractivity contribution in [2.24, 2.45) is 0 Å². The number of hydrogen-bond donors (Lipinski definition) is 1. The highest BCUT2D eigenvalue weighted by Gasteiger charge is 2.25. The third kappa shape index (κ3) is 4.51. The van der Waals surface area contributed by atoms with Crippen LogP contribution in [-0.4, -0.2) is 29.1 Å². The Bertz CT molecular complexity index is 946. The number of carbonyl (C=O) groups excluding carboxylic acids is 2. The lowest BCUT2D eigenvalue weighted by atomic mass is 10.1. The normalized spacial score (nSPS) is 11.8. The van der Waals surface area contributed by atoms with E-state index in [1.807, 2.05) is 73.3 Å². The van der Waals surface area contributed by atoms with E-state index in [4.69, 9.17) is 4.74 Å². The van der Waals surface area contributed by atoms with Crippen LogP contribution in [0.3, 0.4) is 0 Å². The molecule has 0 aliphatic carbocycles. The molecule has 1 aromatic carbocycles. The maximum absolute atomic E-state index is 12.8. The summed E-state index contributed by atoms with van der Waals surface area (Å²) in [6.45, 7) is 5.97. The number of rotatable bonds is 7. The first-order chi connectivity index (χ1) is 13.5. The lowest BCUT2D eigenvalue weighted by Gasteiger charge is -2.14. The molecule has 28 heavy (non-hydrogen) atoms. The van der Waals surface area contributed by atoms with Gasteiger partial charge in [-0.15, -0.1) is 11.3 Å². The van der Waals surface area contributed by atoms with Crippen LogP contribution < -0.4 is 5.32 Å². The minimum absolute atomic E-state index is 0.295. The summed E-state index contributed by atoms with van der Waals surface area (Å²) in [6, 6.07) is 13.7. The summed E-state index contributed by atoms with van der Waals surface area (Å²) >= 11 is 1.54. The predicted octanol–water partition coefficient (Wildman–Crippen LogP) is 4.06. The van der Waals surface area contributed by atoms with Gasteiger partial charge in [-0.05, 0) is 50.5 Å². The van der Waals surface area contributed by atoms with Crippen molar-refractivity contribution in [2.75, 3.05) is 6.54 Å². The SMILES string of the molecule is Cc1sc(-n2cccc2)c(C(=O)OC(C)C(=O)NCCc2ccccc2)c1C. The molecule has 0 aliphatic heterocycles. The average Bonchev–Trinajstić information content (AvgIpc) is 3.31. The number of benzene rings is 1. The highest BCUT2D eigenvalue weighted by Crippen LogP contribution is 2.31. The van der Waals surface area contributed by atoms with Crippen LogP contribution in [0.2, 0.25) is 0 Å². The maximum atomic E-state index is 12.8. The Hall–Kier alpha value is -2.86. The molecule has 1 amide bonds. The molecule has 3 aromatic rings. The van der Waals surface area contributed by atoms with Crippen molar-refractivity contribution in [3.8, 4) is 5.00 Å². The van der Waals surface area contributed by atoms with Gasteiger partial charge < -0.3 is 14.6 Å².